The third-order valence-electron chi connectivity index (χ3n) is 2.20. The molecule has 0 saturated carbocycles. The topological polar surface area (TPSA) is 24.1 Å². The molecule has 0 spiro atoms. The Morgan fingerprint density at radius 1 is 1.37 bits per heavy atom. The highest BCUT2D eigenvalue weighted by Gasteiger charge is 2.33. The molecule has 0 heterocycles. The van der Waals surface area contributed by atoms with Crippen LogP contribution in [0.1, 0.15) is 19.4 Å². The number of benzene rings is 1. The third-order valence-corrected chi connectivity index (χ3v) is 2.78. The Morgan fingerprint density at radius 3 is 2.53 bits per heavy atom. The Hall–Kier alpha value is -1.01. The van der Waals surface area contributed by atoms with Gasteiger partial charge in [0.2, 0.25) is 0 Å². The minimum Gasteiger partial charge on any atom is -0.362 e. The Kier molecular flexibility index (Phi) is 5.43. The molecule has 106 valence electrons. The van der Waals surface area contributed by atoms with Gasteiger partial charge in [0.25, 0.3) is 0 Å². The largest absolute Gasteiger partial charge is 0.417 e. The number of rotatable bonds is 3. The maximum atomic E-state index is 12.7. The van der Waals surface area contributed by atoms with Crippen LogP contribution in [0.2, 0.25) is 5.02 Å². The first kappa shape index (κ1) is 16.0. The summed E-state index contributed by atoms with van der Waals surface area (Å²) in [6, 6.07) is 3.57. The van der Waals surface area contributed by atoms with Crippen LogP contribution >= 0.6 is 23.8 Å². The van der Waals surface area contributed by atoms with Crippen molar-refractivity contribution in [1.29, 1.82) is 0 Å². The van der Waals surface area contributed by atoms with Crippen molar-refractivity contribution in [2.75, 3.05) is 11.9 Å². The summed E-state index contributed by atoms with van der Waals surface area (Å²) in [7, 11) is 0. The van der Waals surface area contributed by atoms with Gasteiger partial charge in [0.1, 0.15) is 0 Å². The third kappa shape index (κ3) is 5.24. The van der Waals surface area contributed by atoms with Gasteiger partial charge in [-0.25, -0.2) is 0 Å². The van der Waals surface area contributed by atoms with E-state index >= 15 is 0 Å². The summed E-state index contributed by atoms with van der Waals surface area (Å²) >= 11 is 10.5. The molecule has 0 aliphatic carbocycles. The molecule has 0 atom stereocenters. The molecule has 0 radical (unpaired) electrons. The molecule has 0 aliphatic rings. The fraction of sp³-hybridized carbons (Fsp3) is 0.417. The minimum absolute atomic E-state index is 0.248. The second-order valence-corrected chi connectivity index (χ2v) is 5.24. The highest BCUT2D eigenvalue weighted by Crippen LogP contribution is 2.36. The van der Waals surface area contributed by atoms with Crippen molar-refractivity contribution in [1.82, 2.24) is 5.32 Å². The molecule has 0 unspecified atom stereocenters. The molecule has 7 heteroatoms. The zero-order chi connectivity index (χ0) is 14.6. The van der Waals surface area contributed by atoms with E-state index in [1.54, 1.807) is 0 Å². The number of anilines is 1. The van der Waals surface area contributed by atoms with Crippen LogP contribution in [0.5, 0.6) is 0 Å². The van der Waals surface area contributed by atoms with Crippen molar-refractivity contribution >= 4 is 34.6 Å². The van der Waals surface area contributed by atoms with Gasteiger partial charge in [0.15, 0.2) is 5.11 Å². The molecule has 2 nitrogen and oxygen atoms in total. The van der Waals surface area contributed by atoms with Gasteiger partial charge in [-0.15, -0.1) is 0 Å². The standard InChI is InChI=1S/C12H14ClF3N2S/c1-7(2)6-17-11(19)18-8-3-4-10(13)9(5-8)12(14,15)16/h3-5,7H,6H2,1-2H3,(H2,17,18,19). The summed E-state index contributed by atoms with van der Waals surface area (Å²) in [6.07, 6.45) is -4.48. The molecule has 0 amide bonds. The lowest BCUT2D eigenvalue weighted by Gasteiger charge is -2.14. The van der Waals surface area contributed by atoms with Crippen molar-refractivity contribution in [2.24, 2.45) is 5.92 Å². The summed E-state index contributed by atoms with van der Waals surface area (Å²) in [5.74, 6) is 0.385. The number of thiocarbonyl (C=S) groups is 1. The van der Waals surface area contributed by atoms with Crippen molar-refractivity contribution in [3.8, 4) is 0 Å². The molecule has 1 aromatic rings. The van der Waals surface area contributed by atoms with Gasteiger partial charge in [0.05, 0.1) is 10.6 Å². The maximum Gasteiger partial charge on any atom is 0.417 e. The molecule has 0 saturated heterocycles. The predicted molar refractivity (Wildman–Crippen MR) is 75.5 cm³/mol. The number of halogens is 4. The molecule has 0 fully saturated rings. The van der Waals surface area contributed by atoms with Gasteiger partial charge in [-0.1, -0.05) is 25.4 Å². The van der Waals surface area contributed by atoms with E-state index in [-0.39, 0.29) is 15.8 Å². The smallest absolute Gasteiger partial charge is 0.362 e. The lowest BCUT2D eigenvalue weighted by molar-refractivity contribution is -0.137. The van der Waals surface area contributed by atoms with Crippen LogP contribution in [0, 0.1) is 5.92 Å². The average molecular weight is 311 g/mol. The van der Waals surface area contributed by atoms with Crippen LogP contribution in [-0.4, -0.2) is 11.7 Å². The average Bonchev–Trinajstić information content (AvgIpc) is 2.27. The van der Waals surface area contributed by atoms with E-state index < -0.39 is 11.7 Å². The van der Waals surface area contributed by atoms with Gasteiger partial charge in [-0.05, 0) is 36.3 Å². The van der Waals surface area contributed by atoms with E-state index in [4.69, 9.17) is 23.8 Å². The molecular weight excluding hydrogens is 297 g/mol. The van der Waals surface area contributed by atoms with E-state index in [2.05, 4.69) is 10.6 Å². The molecule has 0 aliphatic heterocycles. The van der Waals surface area contributed by atoms with Crippen LogP contribution in [0.25, 0.3) is 0 Å². The molecule has 2 N–H and O–H groups in total. The van der Waals surface area contributed by atoms with E-state index in [1.807, 2.05) is 13.8 Å². The molecule has 1 rings (SSSR count). The van der Waals surface area contributed by atoms with E-state index in [1.165, 1.54) is 12.1 Å². The van der Waals surface area contributed by atoms with Crippen LogP contribution < -0.4 is 10.6 Å². The number of nitrogens with one attached hydrogen (secondary N) is 2. The van der Waals surface area contributed by atoms with Crippen LogP contribution in [0.4, 0.5) is 18.9 Å². The zero-order valence-corrected chi connectivity index (χ0v) is 12.0. The Morgan fingerprint density at radius 2 is 2.00 bits per heavy atom. The molecule has 1 aromatic carbocycles. The lowest BCUT2D eigenvalue weighted by atomic mass is 10.2. The first-order valence-electron chi connectivity index (χ1n) is 5.61. The summed E-state index contributed by atoms with van der Waals surface area (Å²) < 4.78 is 38.0. The van der Waals surface area contributed by atoms with Gasteiger partial charge in [0, 0.05) is 12.2 Å². The predicted octanol–water partition coefficient (Wildman–Crippen LogP) is 4.30. The van der Waals surface area contributed by atoms with Crippen LogP contribution in [0.3, 0.4) is 0 Å². The molecule has 0 aromatic heterocycles. The van der Waals surface area contributed by atoms with E-state index in [0.717, 1.165) is 6.07 Å². The summed E-state index contributed by atoms with van der Waals surface area (Å²) in [6.45, 7) is 4.64. The zero-order valence-electron chi connectivity index (χ0n) is 10.4. The van der Waals surface area contributed by atoms with Gasteiger partial charge in [-0.2, -0.15) is 13.2 Å². The summed E-state index contributed by atoms with van der Waals surface area (Å²) in [5.41, 5.74) is -0.635. The second-order valence-electron chi connectivity index (χ2n) is 4.42. The van der Waals surface area contributed by atoms with Gasteiger partial charge in [-0.3, -0.25) is 0 Å². The van der Waals surface area contributed by atoms with Crippen molar-refractivity contribution in [3.63, 3.8) is 0 Å². The van der Waals surface area contributed by atoms with Gasteiger partial charge >= 0.3 is 6.18 Å². The Bertz CT molecular complexity index is 461. The minimum atomic E-state index is -4.48. The first-order valence-corrected chi connectivity index (χ1v) is 6.40. The van der Waals surface area contributed by atoms with Crippen molar-refractivity contribution < 1.29 is 13.2 Å². The van der Waals surface area contributed by atoms with Crippen molar-refractivity contribution in [2.45, 2.75) is 20.0 Å². The molecule has 19 heavy (non-hydrogen) atoms. The van der Waals surface area contributed by atoms with Crippen molar-refractivity contribution in [3.05, 3.63) is 28.8 Å². The van der Waals surface area contributed by atoms with E-state index in [9.17, 15) is 13.2 Å². The van der Waals surface area contributed by atoms with Crippen LogP contribution in [-0.2, 0) is 6.18 Å². The Balaban J connectivity index is 2.78. The SMILES string of the molecule is CC(C)CNC(=S)Nc1ccc(Cl)c(C(F)(F)F)c1. The number of alkyl halides is 3. The highest BCUT2D eigenvalue weighted by molar-refractivity contribution is 7.80. The van der Waals surface area contributed by atoms with Crippen LogP contribution in [0.15, 0.2) is 18.2 Å². The quantitative estimate of drug-likeness (QED) is 0.814. The van der Waals surface area contributed by atoms with Gasteiger partial charge < -0.3 is 10.6 Å². The number of hydrogen-bond donors (Lipinski definition) is 2. The normalized spacial score (nSPS) is 11.5. The molecular formula is C12H14ClF3N2S. The fourth-order valence-electron chi connectivity index (χ4n) is 1.29. The fourth-order valence-corrected chi connectivity index (χ4v) is 1.72. The monoisotopic (exact) mass is 310 g/mol. The first-order chi connectivity index (χ1) is 8.70. The lowest BCUT2D eigenvalue weighted by Crippen LogP contribution is -2.31. The highest BCUT2D eigenvalue weighted by atomic mass is 35.5. The number of hydrogen-bond acceptors (Lipinski definition) is 1. The summed E-state index contributed by atoms with van der Waals surface area (Å²) in [5, 5.41) is 5.56. The Labute approximate surface area is 120 Å². The molecule has 0 bridgehead atoms. The second kappa shape index (κ2) is 6.43. The summed E-state index contributed by atoms with van der Waals surface area (Å²) in [4.78, 5) is 0. The van der Waals surface area contributed by atoms with E-state index in [0.29, 0.717) is 12.5 Å². The maximum absolute atomic E-state index is 12.7.